The van der Waals surface area contributed by atoms with Crippen LogP contribution in [0.25, 0.3) is 0 Å². The van der Waals surface area contributed by atoms with Crippen LogP contribution in [0.5, 0.6) is 0 Å². The smallest absolute Gasteiger partial charge is 0.111 e. The topological polar surface area (TPSA) is 20.2 Å². The van der Waals surface area contributed by atoms with Crippen molar-refractivity contribution in [3.63, 3.8) is 0 Å². The highest BCUT2D eigenvalue weighted by molar-refractivity contribution is 5.27. The molecule has 0 amide bonds. The van der Waals surface area contributed by atoms with E-state index < -0.39 is 0 Å². The minimum atomic E-state index is 0.109. The van der Waals surface area contributed by atoms with Crippen molar-refractivity contribution in [2.75, 3.05) is 0 Å². The summed E-state index contributed by atoms with van der Waals surface area (Å²) in [6.45, 7) is 14.7. The number of hydrogen-bond acceptors (Lipinski definition) is 1. The fourth-order valence-electron chi connectivity index (χ4n) is 0.453. The fraction of sp³-hybridized carbons (Fsp3) is 0.400. The van der Waals surface area contributed by atoms with E-state index in [1.165, 1.54) is 0 Å². The highest BCUT2D eigenvalue weighted by Crippen LogP contribution is 2.04. The molecule has 0 saturated carbocycles. The van der Waals surface area contributed by atoms with Crippen molar-refractivity contribution in [2.45, 2.75) is 27.7 Å². The molecule has 0 aliphatic carbocycles. The van der Waals surface area contributed by atoms with E-state index in [4.69, 9.17) is 5.11 Å². The first kappa shape index (κ1) is 12.7. The van der Waals surface area contributed by atoms with Gasteiger partial charge in [-0.05, 0) is 19.4 Å². The molecule has 0 atom stereocenters. The zero-order chi connectivity index (χ0) is 9.44. The van der Waals surface area contributed by atoms with Gasteiger partial charge in [0, 0.05) is 0 Å². The molecule has 0 aromatic heterocycles. The number of aliphatic hydroxyl groups is 1. The van der Waals surface area contributed by atoms with Gasteiger partial charge in [-0.15, -0.1) is 0 Å². The lowest BCUT2D eigenvalue weighted by Gasteiger charge is -1.95. The Labute approximate surface area is 69.8 Å². The van der Waals surface area contributed by atoms with Crippen LogP contribution < -0.4 is 0 Å². The van der Waals surface area contributed by atoms with Gasteiger partial charge in [0.2, 0.25) is 0 Å². The Morgan fingerprint density at radius 1 is 1.18 bits per heavy atom. The standard InChI is InChI=1S/C8H12O.C2H6/c1-6(2)5-7(3)8(4)9;1-2/h5,9H,1,4H2,2-3H3;1-2H3/b7-5-;. The van der Waals surface area contributed by atoms with Gasteiger partial charge in [-0.3, -0.25) is 0 Å². The van der Waals surface area contributed by atoms with Crippen LogP contribution in [0.4, 0.5) is 0 Å². The summed E-state index contributed by atoms with van der Waals surface area (Å²) in [7, 11) is 0. The van der Waals surface area contributed by atoms with Crippen molar-refractivity contribution in [3.8, 4) is 0 Å². The Balaban J connectivity index is 0. The second-order valence-corrected chi connectivity index (χ2v) is 2.12. The Kier molecular flexibility index (Phi) is 8.22. The second kappa shape index (κ2) is 7.13. The Morgan fingerprint density at radius 3 is 1.64 bits per heavy atom. The average molecular weight is 154 g/mol. The molecule has 0 aromatic rings. The zero-order valence-electron chi connectivity index (χ0n) is 7.94. The molecule has 0 aliphatic heterocycles. The minimum Gasteiger partial charge on any atom is -0.508 e. The van der Waals surface area contributed by atoms with Crippen LogP contribution in [0.1, 0.15) is 27.7 Å². The molecule has 0 spiro atoms. The summed E-state index contributed by atoms with van der Waals surface area (Å²) in [5, 5.41) is 8.77. The molecule has 0 saturated heterocycles. The molecule has 0 bridgehead atoms. The van der Waals surface area contributed by atoms with Crippen molar-refractivity contribution < 1.29 is 5.11 Å². The summed E-state index contributed by atoms with van der Waals surface area (Å²) < 4.78 is 0. The molecule has 0 heterocycles. The van der Waals surface area contributed by atoms with Gasteiger partial charge in [0.15, 0.2) is 0 Å². The van der Waals surface area contributed by atoms with Gasteiger partial charge in [0.25, 0.3) is 0 Å². The quantitative estimate of drug-likeness (QED) is 0.476. The zero-order valence-corrected chi connectivity index (χ0v) is 7.94. The molecule has 0 radical (unpaired) electrons. The van der Waals surface area contributed by atoms with E-state index in [9.17, 15) is 0 Å². The third kappa shape index (κ3) is 9.02. The highest BCUT2D eigenvalue weighted by Gasteiger charge is 1.89. The average Bonchev–Trinajstić information content (AvgIpc) is 1.90. The van der Waals surface area contributed by atoms with Crippen LogP contribution in [0.2, 0.25) is 0 Å². The van der Waals surface area contributed by atoms with Crippen molar-refractivity contribution >= 4 is 0 Å². The van der Waals surface area contributed by atoms with E-state index >= 15 is 0 Å². The van der Waals surface area contributed by atoms with Crippen LogP contribution in [0.15, 0.2) is 36.1 Å². The Morgan fingerprint density at radius 2 is 1.55 bits per heavy atom. The third-order valence-electron chi connectivity index (χ3n) is 0.918. The lowest BCUT2D eigenvalue weighted by molar-refractivity contribution is 0.426. The second-order valence-electron chi connectivity index (χ2n) is 2.12. The van der Waals surface area contributed by atoms with Gasteiger partial charge in [-0.1, -0.05) is 38.7 Å². The van der Waals surface area contributed by atoms with Crippen molar-refractivity contribution in [2.24, 2.45) is 0 Å². The summed E-state index contributed by atoms with van der Waals surface area (Å²) >= 11 is 0. The molecule has 0 aromatic carbocycles. The Bertz CT molecular complexity index is 164. The van der Waals surface area contributed by atoms with E-state index in [-0.39, 0.29) is 5.76 Å². The number of aliphatic hydroxyl groups excluding tert-OH is 1. The van der Waals surface area contributed by atoms with Gasteiger partial charge in [0.05, 0.1) is 0 Å². The number of allylic oxidation sites excluding steroid dienone is 3. The first-order valence-corrected chi connectivity index (χ1v) is 3.76. The third-order valence-corrected chi connectivity index (χ3v) is 0.918. The summed E-state index contributed by atoms with van der Waals surface area (Å²) in [4.78, 5) is 0. The minimum absolute atomic E-state index is 0.109. The number of hydrogen-bond donors (Lipinski definition) is 1. The maximum Gasteiger partial charge on any atom is 0.111 e. The molecule has 0 rings (SSSR count). The SMILES string of the molecule is C=C(C)/C=C(/C)C(=C)O.CC. The molecule has 0 unspecified atom stereocenters. The van der Waals surface area contributed by atoms with Crippen molar-refractivity contribution in [1.29, 1.82) is 0 Å². The van der Waals surface area contributed by atoms with Crippen molar-refractivity contribution in [3.05, 3.63) is 36.1 Å². The lowest BCUT2D eigenvalue weighted by atomic mass is 10.2. The monoisotopic (exact) mass is 154 g/mol. The van der Waals surface area contributed by atoms with Gasteiger partial charge in [0.1, 0.15) is 5.76 Å². The summed E-state index contributed by atoms with van der Waals surface area (Å²) in [6.07, 6.45) is 1.78. The molecule has 0 aliphatic rings. The molecule has 1 nitrogen and oxygen atoms in total. The van der Waals surface area contributed by atoms with Gasteiger partial charge >= 0.3 is 0 Å². The number of rotatable bonds is 2. The van der Waals surface area contributed by atoms with Gasteiger partial charge in [-0.25, -0.2) is 0 Å². The first-order chi connectivity index (χ1) is 5.04. The van der Waals surface area contributed by atoms with Crippen LogP contribution in [-0.2, 0) is 0 Å². The predicted molar refractivity (Wildman–Crippen MR) is 51.7 cm³/mol. The van der Waals surface area contributed by atoms with E-state index in [2.05, 4.69) is 13.2 Å². The Hall–Kier alpha value is -0.980. The largest absolute Gasteiger partial charge is 0.508 e. The maximum atomic E-state index is 8.77. The highest BCUT2D eigenvalue weighted by atomic mass is 16.3. The van der Waals surface area contributed by atoms with Crippen LogP contribution >= 0.6 is 0 Å². The summed E-state index contributed by atoms with van der Waals surface area (Å²) in [5.41, 5.74) is 1.69. The molecular formula is C10H18O. The van der Waals surface area contributed by atoms with Crippen LogP contribution in [-0.4, -0.2) is 5.11 Å². The molecule has 1 heteroatoms. The predicted octanol–water partition coefficient (Wildman–Crippen LogP) is 3.61. The van der Waals surface area contributed by atoms with Gasteiger partial charge < -0.3 is 5.11 Å². The van der Waals surface area contributed by atoms with E-state index in [1.807, 2.05) is 20.8 Å². The summed E-state index contributed by atoms with van der Waals surface area (Å²) in [6, 6.07) is 0. The molecule has 0 fully saturated rings. The van der Waals surface area contributed by atoms with Gasteiger partial charge in [-0.2, -0.15) is 0 Å². The molecule has 11 heavy (non-hydrogen) atoms. The normalized spacial score (nSPS) is 9.64. The maximum absolute atomic E-state index is 8.77. The van der Waals surface area contributed by atoms with E-state index in [0.29, 0.717) is 0 Å². The molecule has 1 N–H and O–H groups in total. The summed E-state index contributed by atoms with van der Waals surface area (Å²) in [5.74, 6) is 0.109. The molecule has 64 valence electrons. The van der Waals surface area contributed by atoms with Crippen LogP contribution in [0.3, 0.4) is 0 Å². The molecular weight excluding hydrogens is 136 g/mol. The van der Waals surface area contributed by atoms with E-state index in [1.54, 1.807) is 13.0 Å². The van der Waals surface area contributed by atoms with E-state index in [0.717, 1.165) is 11.1 Å². The lowest BCUT2D eigenvalue weighted by Crippen LogP contribution is -1.79. The first-order valence-electron chi connectivity index (χ1n) is 3.76. The fourth-order valence-corrected chi connectivity index (χ4v) is 0.453. The van der Waals surface area contributed by atoms with Crippen LogP contribution in [0, 0.1) is 0 Å². The van der Waals surface area contributed by atoms with Crippen molar-refractivity contribution in [1.82, 2.24) is 0 Å².